The third-order valence-electron chi connectivity index (χ3n) is 3.44. The number of hydrogen-bond acceptors (Lipinski definition) is 4. The molecule has 25 heavy (non-hydrogen) atoms. The highest BCUT2D eigenvalue weighted by Gasteiger charge is 2.19. The number of carbonyl (C=O) groups excluding carboxylic acids is 2. The summed E-state index contributed by atoms with van der Waals surface area (Å²) < 4.78 is 10.6. The van der Waals surface area contributed by atoms with Crippen molar-refractivity contribution in [3.8, 4) is 5.75 Å². The van der Waals surface area contributed by atoms with E-state index in [1.807, 2.05) is 31.2 Å². The molecule has 0 aromatic heterocycles. The number of ether oxygens (including phenoxy) is 2. The van der Waals surface area contributed by atoms with Gasteiger partial charge in [0.25, 0.3) is 5.91 Å². The standard InChI is InChI=1S/C19H20ClNO4/c1-13-7-9-15(10-8-13)24-11-12-25-19(23)14(2)21-18(22)16-5-3-4-6-17(16)20/h3-10,14H,11-12H2,1-2H3,(H,21,22)/t14-/m0/s1. The lowest BCUT2D eigenvalue weighted by molar-refractivity contribution is -0.146. The molecule has 2 aromatic carbocycles. The molecule has 1 N–H and O–H groups in total. The number of rotatable bonds is 7. The molecule has 1 amide bonds. The minimum absolute atomic E-state index is 0.0962. The molecule has 0 aliphatic heterocycles. The summed E-state index contributed by atoms with van der Waals surface area (Å²) >= 11 is 5.96. The van der Waals surface area contributed by atoms with Crippen LogP contribution in [0.4, 0.5) is 0 Å². The Morgan fingerprint density at radius 2 is 1.76 bits per heavy atom. The van der Waals surface area contributed by atoms with Gasteiger partial charge in [0.2, 0.25) is 0 Å². The van der Waals surface area contributed by atoms with Crippen LogP contribution in [0.1, 0.15) is 22.8 Å². The second kappa shape index (κ2) is 9.08. The summed E-state index contributed by atoms with van der Waals surface area (Å²) in [5.74, 6) is -0.249. The first-order valence-electron chi connectivity index (χ1n) is 7.89. The number of aryl methyl sites for hydroxylation is 1. The summed E-state index contributed by atoms with van der Waals surface area (Å²) in [7, 11) is 0. The highest BCUT2D eigenvalue weighted by Crippen LogP contribution is 2.15. The smallest absolute Gasteiger partial charge is 0.328 e. The van der Waals surface area contributed by atoms with Crippen LogP contribution < -0.4 is 10.1 Å². The highest BCUT2D eigenvalue weighted by molar-refractivity contribution is 6.33. The van der Waals surface area contributed by atoms with Crippen molar-refractivity contribution in [1.29, 1.82) is 0 Å². The molecule has 0 saturated carbocycles. The fourth-order valence-electron chi connectivity index (χ4n) is 2.04. The Morgan fingerprint density at radius 1 is 1.08 bits per heavy atom. The van der Waals surface area contributed by atoms with Crippen LogP contribution in [0.2, 0.25) is 5.02 Å². The first-order chi connectivity index (χ1) is 12.0. The van der Waals surface area contributed by atoms with Crippen LogP contribution in [0.25, 0.3) is 0 Å². The van der Waals surface area contributed by atoms with E-state index >= 15 is 0 Å². The van der Waals surface area contributed by atoms with E-state index in [1.165, 1.54) is 0 Å². The fourth-order valence-corrected chi connectivity index (χ4v) is 2.26. The van der Waals surface area contributed by atoms with Crippen LogP contribution in [0.15, 0.2) is 48.5 Å². The van der Waals surface area contributed by atoms with Gasteiger partial charge >= 0.3 is 5.97 Å². The van der Waals surface area contributed by atoms with Crippen LogP contribution >= 0.6 is 11.6 Å². The van der Waals surface area contributed by atoms with Gasteiger partial charge < -0.3 is 14.8 Å². The highest BCUT2D eigenvalue weighted by atomic mass is 35.5. The third-order valence-corrected chi connectivity index (χ3v) is 3.77. The van der Waals surface area contributed by atoms with Crippen molar-refractivity contribution in [2.24, 2.45) is 0 Å². The topological polar surface area (TPSA) is 64.6 Å². The summed E-state index contributed by atoms with van der Waals surface area (Å²) in [6.07, 6.45) is 0. The van der Waals surface area contributed by atoms with Crippen molar-refractivity contribution in [3.63, 3.8) is 0 Å². The van der Waals surface area contributed by atoms with Gasteiger partial charge in [0, 0.05) is 0 Å². The number of carbonyl (C=O) groups is 2. The Labute approximate surface area is 151 Å². The number of hydrogen-bond donors (Lipinski definition) is 1. The third kappa shape index (κ3) is 5.80. The predicted octanol–water partition coefficient (Wildman–Crippen LogP) is 3.39. The van der Waals surface area contributed by atoms with E-state index in [0.717, 1.165) is 5.56 Å². The number of benzene rings is 2. The fraction of sp³-hybridized carbons (Fsp3) is 0.263. The lowest BCUT2D eigenvalue weighted by atomic mass is 10.2. The first kappa shape index (κ1) is 18.8. The van der Waals surface area contributed by atoms with Gasteiger partial charge in [-0.15, -0.1) is 0 Å². The lowest BCUT2D eigenvalue weighted by Crippen LogP contribution is -2.40. The van der Waals surface area contributed by atoms with Crippen LogP contribution in [-0.2, 0) is 9.53 Å². The van der Waals surface area contributed by atoms with E-state index in [-0.39, 0.29) is 13.2 Å². The average Bonchev–Trinajstić information content (AvgIpc) is 2.60. The molecule has 0 fully saturated rings. The quantitative estimate of drug-likeness (QED) is 0.606. The molecule has 0 aliphatic rings. The maximum atomic E-state index is 12.1. The summed E-state index contributed by atoms with van der Waals surface area (Å²) in [6.45, 7) is 3.88. The monoisotopic (exact) mass is 361 g/mol. The van der Waals surface area contributed by atoms with E-state index < -0.39 is 17.9 Å². The van der Waals surface area contributed by atoms with Gasteiger partial charge in [0.15, 0.2) is 0 Å². The lowest BCUT2D eigenvalue weighted by Gasteiger charge is -2.14. The number of amides is 1. The first-order valence-corrected chi connectivity index (χ1v) is 8.26. The van der Waals surface area contributed by atoms with Crippen molar-refractivity contribution in [2.45, 2.75) is 19.9 Å². The predicted molar refractivity (Wildman–Crippen MR) is 96.0 cm³/mol. The minimum atomic E-state index is -0.789. The van der Waals surface area contributed by atoms with E-state index in [1.54, 1.807) is 31.2 Å². The Bertz CT molecular complexity index is 730. The summed E-state index contributed by atoms with van der Waals surface area (Å²) in [5.41, 5.74) is 1.45. The van der Waals surface area contributed by atoms with E-state index in [9.17, 15) is 9.59 Å². The van der Waals surface area contributed by atoms with Gasteiger partial charge in [-0.1, -0.05) is 41.4 Å². The molecule has 0 heterocycles. The molecular weight excluding hydrogens is 342 g/mol. The normalized spacial score (nSPS) is 11.5. The second-order valence-electron chi connectivity index (χ2n) is 5.50. The largest absolute Gasteiger partial charge is 0.490 e. The van der Waals surface area contributed by atoms with Gasteiger partial charge in [-0.2, -0.15) is 0 Å². The van der Waals surface area contributed by atoms with Crippen molar-refractivity contribution in [1.82, 2.24) is 5.32 Å². The van der Waals surface area contributed by atoms with Crippen LogP contribution in [0, 0.1) is 6.92 Å². The number of halogens is 1. The molecule has 0 saturated heterocycles. The molecule has 6 heteroatoms. The van der Waals surface area contributed by atoms with Crippen molar-refractivity contribution in [2.75, 3.05) is 13.2 Å². The molecule has 5 nitrogen and oxygen atoms in total. The molecule has 0 aliphatic carbocycles. The van der Waals surface area contributed by atoms with Gasteiger partial charge in [-0.25, -0.2) is 4.79 Å². The van der Waals surface area contributed by atoms with E-state index in [4.69, 9.17) is 21.1 Å². The summed E-state index contributed by atoms with van der Waals surface area (Å²) in [6, 6.07) is 13.4. The second-order valence-corrected chi connectivity index (χ2v) is 5.91. The van der Waals surface area contributed by atoms with Crippen LogP contribution in [0.5, 0.6) is 5.75 Å². The zero-order valence-corrected chi connectivity index (χ0v) is 14.9. The molecule has 1 atom stereocenters. The molecular formula is C19H20ClNO4. The van der Waals surface area contributed by atoms with Gasteiger partial charge in [-0.3, -0.25) is 4.79 Å². The summed E-state index contributed by atoms with van der Waals surface area (Å²) in [5, 5.41) is 2.89. The average molecular weight is 362 g/mol. The number of nitrogens with one attached hydrogen (secondary N) is 1. The van der Waals surface area contributed by atoms with Crippen molar-refractivity contribution < 1.29 is 19.1 Å². The van der Waals surface area contributed by atoms with Gasteiger partial charge in [0.05, 0.1) is 10.6 Å². The zero-order chi connectivity index (χ0) is 18.2. The zero-order valence-electron chi connectivity index (χ0n) is 14.1. The molecule has 0 spiro atoms. The Balaban J connectivity index is 1.74. The Hall–Kier alpha value is -2.53. The summed E-state index contributed by atoms with van der Waals surface area (Å²) in [4.78, 5) is 24.0. The Kier molecular flexibility index (Phi) is 6.83. The minimum Gasteiger partial charge on any atom is -0.490 e. The SMILES string of the molecule is Cc1ccc(OCCOC(=O)[C@H](C)NC(=O)c2ccccc2Cl)cc1. The molecule has 0 radical (unpaired) electrons. The van der Waals surface area contributed by atoms with Crippen molar-refractivity contribution >= 4 is 23.5 Å². The van der Waals surface area contributed by atoms with Crippen LogP contribution in [-0.4, -0.2) is 31.1 Å². The van der Waals surface area contributed by atoms with Crippen molar-refractivity contribution in [3.05, 3.63) is 64.7 Å². The Morgan fingerprint density at radius 3 is 2.44 bits per heavy atom. The maximum Gasteiger partial charge on any atom is 0.328 e. The number of esters is 1. The van der Waals surface area contributed by atoms with Gasteiger partial charge in [-0.05, 0) is 38.1 Å². The molecule has 132 valence electrons. The van der Waals surface area contributed by atoms with Crippen LogP contribution in [0.3, 0.4) is 0 Å². The van der Waals surface area contributed by atoms with E-state index in [0.29, 0.717) is 16.3 Å². The molecule has 2 rings (SSSR count). The molecule has 0 unspecified atom stereocenters. The molecule has 2 aromatic rings. The van der Waals surface area contributed by atoms with Gasteiger partial charge in [0.1, 0.15) is 25.0 Å². The van der Waals surface area contributed by atoms with E-state index in [2.05, 4.69) is 5.32 Å². The maximum absolute atomic E-state index is 12.1. The molecule has 0 bridgehead atoms.